The van der Waals surface area contributed by atoms with Gasteiger partial charge in [0.15, 0.2) is 0 Å². The van der Waals surface area contributed by atoms with E-state index in [9.17, 15) is 4.89 Å². The fourth-order valence-electron chi connectivity index (χ4n) is 1.10. The van der Waals surface area contributed by atoms with Gasteiger partial charge < -0.3 is 13.9 Å². The van der Waals surface area contributed by atoms with Crippen molar-refractivity contribution in [3.05, 3.63) is 33.8 Å². The molecule has 1 aromatic carbocycles. The molecule has 0 heterocycles. The van der Waals surface area contributed by atoms with Crippen molar-refractivity contribution in [2.45, 2.75) is 20.0 Å². The highest BCUT2D eigenvalue weighted by atomic mass is 35.5. The van der Waals surface area contributed by atoms with E-state index in [2.05, 4.69) is 0 Å². The van der Waals surface area contributed by atoms with E-state index in [0.717, 1.165) is 5.56 Å². The van der Waals surface area contributed by atoms with E-state index in [1.54, 1.807) is 25.1 Å². The second-order valence-corrected chi connectivity index (χ2v) is 4.84. The van der Waals surface area contributed by atoms with Crippen LogP contribution in [0.15, 0.2) is 18.2 Å². The van der Waals surface area contributed by atoms with Crippen molar-refractivity contribution in [1.29, 1.82) is 0 Å². The lowest BCUT2D eigenvalue weighted by molar-refractivity contribution is 0.160. The summed E-state index contributed by atoms with van der Waals surface area (Å²) in [4.78, 5) is 9.37. The quantitative estimate of drug-likeness (QED) is 0.817. The molecule has 0 aromatic heterocycles. The molecular formula is C10H13Cl2O3P. The van der Waals surface area contributed by atoms with E-state index in [4.69, 9.17) is 32.2 Å². The van der Waals surface area contributed by atoms with Gasteiger partial charge >= 0.3 is 8.60 Å². The van der Waals surface area contributed by atoms with Crippen LogP contribution in [0.4, 0.5) is 0 Å². The molecule has 16 heavy (non-hydrogen) atoms. The van der Waals surface area contributed by atoms with E-state index in [0.29, 0.717) is 16.7 Å². The lowest BCUT2D eigenvalue weighted by Gasteiger charge is -2.16. The number of benzene rings is 1. The molecule has 3 nitrogen and oxygen atoms in total. The van der Waals surface area contributed by atoms with Crippen molar-refractivity contribution in [1.82, 2.24) is 0 Å². The summed E-state index contributed by atoms with van der Waals surface area (Å²) < 4.78 is 10.2. The average molecular weight is 283 g/mol. The molecule has 0 bridgehead atoms. The number of halogens is 2. The Morgan fingerprint density at radius 2 is 2.06 bits per heavy atom. The van der Waals surface area contributed by atoms with Crippen molar-refractivity contribution in [2.24, 2.45) is 0 Å². The molecule has 90 valence electrons. The largest absolute Gasteiger partial charge is 0.330 e. The van der Waals surface area contributed by atoms with E-state index in [1.807, 2.05) is 6.92 Å². The molecule has 0 fully saturated rings. The molecule has 1 rings (SSSR count). The third kappa shape index (κ3) is 4.17. The molecule has 0 aliphatic rings. The van der Waals surface area contributed by atoms with E-state index < -0.39 is 8.60 Å². The monoisotopic (exact) mass is 282 g/mol. The zero-order valence-electron chi connectivity index (χ0n) is 8.98. The lowest BCUT2D eigenvalue weighted by Crippen LogP contribution is -1.98. The summed E-state index contributed by atoms with van der Waals surface area (Å²) >= 11 is 11.7. The van der Waals surface area contributed by atoms with Crippen molar-refractivity contribution < 1.29 is 13.9 Å². The van der Waals surface area contributed by atoms with Gasteiger partial charge in [-0.3, -0.25) is 0 Å². The van der Waals surface area contributed by atoms with Crippen molar-refractivity contribution >= 4 is 31.8 Å². The Hall–Kier alpha value is 0.110. The summed E-state index contributed by atoms with van der Waals surface area (Å²) in [5, 5.41) is 0.960. The third-order valence-electron chi connectivity index (χ3n) is 1.90. The van der Waals surface area contributed by atoms with Crippen LogP contribution in [0.2, 0.25) is 10.0 Å². The van der Waals surface area contributed by atoms with Crippen LogP contribution < -0.4 is 0 Å². The molecule has 0 aliphatic carbocycles. The predicted molar refractivity (Wildman–Crippen MR) is 66.7 cm³/mol. The van der Waals surface area contributed by atoms with Gasteiger partial charge in [0.1, 0.15) is 0 Å². The van der Waals surface area contributed by atoms with Gasteiger partial charge in [-0.1, -0.05) is 29.3 Å². The second kappa shape index (κ2) is 6.75. The summed E-state index contributed by atoms with van der Waals surface area (Å²) in [6, 6.07) is 5.21. The first-order valence-electron chi connectivity index (χ1n) is 4.78. The maximum absolute atomic E-state index is 9.37. The first-order chi connectivity index (χ1) is 7.54. The Balaban J connectivity index is 2.65. The Morgan fingerprint density at radius 3 is 2.62 bits per heavy atom. The number of hydrogen-bond donors (Lipinski definition) is 1. The topological polar surface area (TPSA) is 38.7 Å². The molecule has 0 amide bonds. The van der Waals surface area contributed by atoms with Gasteiger partial charge in [-0.25, -0.2) is 0 Å². The van der Waals surface area contributed by atoms with Crippen LogP contribution in [-0.2, 0) is 9.05 Å². The Bertz CT molecular complexity index is 349. The standard InChI is InChI=1S/C10H13Cl2O3P/c1-3-14-16(13)15-7(2)8-4-5-9(11)10(12)6-8/h4-7,13H,3H2,1-2H3/t7-,16?/m1/s1. The average Bonchev–Trinajstić information content (AvgIpc) is 2.22. The molecule has 6 heteroatoms. The van der Waals surface area contributed by atoms with Crippen LogP contribution in [0.25, 0.3) is 0 Å². The predicted octanol–water partition coefficient (Wildman–Crippen LogP) is 4.33. The molecule has 1 aromatic rings. The summed E-state index contributed by atoms with van der Waals surface area (Å²) in [7, 11) is -1.84. The minimum Gasteiger partial charge on any atom is -0.328 e. The van der Waals surface area contributed by atoms with Crippen LogP contribution in [-0.4, -0.2) is 11.5 Å². The number of hydrogen-bond acceptors (Lipinski definition) is 3. The maximum atomic E-state index is 9.37. The van der Waals surface area contributed by atoms with Crippen LogP contribution in [0.3, 0.4) is 0 Å². The molecule has 2 atom stereocenters. The second-order valence-electron chi connectivity index (χ2n) is 3.08. The Labute approximate surface area is 106 Å². The summed E-state index contributed by atoms with van der Waals surface area (Å²) in [5.41, 5.74) is 0.843. The van der Waals surface area contributed by atoms with Crippen molar-refractivity contribution in [3.63, 3.8) is 0 Å². The van der Waals surface area contributed by atoms with Gasteiger partial charge in [-0.2, -0.15) is 0 Å². The first-order valence-corrected chi connectivity index (χ1v) is 6.66. The van der Waals surface area contributed by atoms with E-state index >= 15 is 0 Å². The van der Waals surface area contributed by atoms with Gasteiger partial charge in [0.25, 0.3) is 0 Å². The highest BCUT2D eigenvalue weighted by molar-refractivity contribution is 7.40. The zero-order chi connectivity index (χ0) is 12.1. The zero-order valence-corrected chi connectivity index (χ0v) is 11.4. The van der Waals surface area contributed by atoms with Gasteiger partial charge in [0.05, 0.1) is 22.8 Å². The van der Waals surface area contributed by atoms with Gasteiger partial charge in [0, 0.05) is 0 Å². The van der Waals surface area contributed by atoms with Gasteiger partial charge in [-0.15, -0.1) is 0 Å². The van der Waals surface area contributed by atoms with Crippen molar-refractivity contribution in [3.8, 4) is 0 Å². The fraction of sp³-hybridized carbons (Fsp3) is 0.400. The molecule has 0 radical (unpaired) electrons. The maximum Gasteiger partial charge on any atom is 0.330 e. The normalized spacial score (nSPS) is 14.8. The summed E-state index contributed by atoms with van der Waals surface area (Å²) in [6.07, 6.45) is -0.294. The number of rotatable bonds is 5. The van der Waals surface area contributed by atoms with Crippen LogP contribution >= 0.6 is 31.8 Å². The SMILES string of the molecule is CCOP(O)O[C@H](C)c1ccc(Cl)c(Cl)c1. The minimum absolute atomic E-state index is 0.294. The van der Waals surface area contributed by atoms with Crippen LogP contribution in [0.1, 0.15) is 25.5 Å². The first kappa shape index (κ1) is 14.2. The highest BCUT2D eigenvalue weighted by Crippen LogP contribution is 2.39. The van der Waals surface area contributed by atoms with Crippen molar-refractivity contribution in [2.75, 3.05) is 6.61 Å². The van der Waals surface area contributed by atoms with Gasteiger partial charge in [0.2, 0.25) is 0 Å². The molecule has 1 N–H and O–H groups in total. The molecule has 1 unspecified atom stereocenters. The van der Waals surface area contributed by atoms with Crippen LogP contribution in [0.5, 0.6) is 0 Å². The molecule has 0 saturated heterocycles. The molecular weight excluding hydrogens is 270 g/mol. The summed E-state index contributed by atoms with van der Waals surface area (Å²) in [6.45, 7) is 4.01. The lowest BCUT2D eigenvalue weighted by atomic mass is 10.1. The highest BCUT2D eigenvalue weighted by Gasteiger charge is 2.14. The molecule has 0 saturated carbocycles. The van der Waals surface area contributed by atoms with Crippen LogP contribution in [0, 0.1) is 0 Å². The van der Waals surface area contributed by atoms with Gasteiger partial charge in [-0.05, 0) is 31.5 Å². The molecule has 0 aliphatic heterocycles. The minimum atomic E-state index is -1.84. The molecule has 0 spiro atoms. The van der Waals surface area contributed by atoms with E-state index in [-0.39, 0.29) is 6.10 Å². The van der Waals surface area contributed by atoms with E-state index in [1.165, 1.54) is 0 Å². The Morgan fingerprint density at radius 1 is 1.38 bits per heavy atom. The summed E-state index contributed by atoms with van der Waals surface area (Å²) in [5.74, 6) is 0. The smallest absolute Gasteiger partial charge is 0.328 e. The third-order valence-corrected chi connectivity index (χ3v) is 3.62. The Kier molecular flexibility index (Phi) is 5.98. The fourth-order valence-corrected chi connectivity index (χ4v) is 2.08.